The Hall–Kier alpha value is -3.27. The van der Waals surface area contributed by atoms with Gasteiger partial charge in [0.05, 0.1) is 24.9 Å². The number of hydrogen-bond acceptors (Lipinski definition) is 6. The molecule has 0 aromatic heterocycles. The molecule has 0 aliphatic carbocycles. The van der Waals surface area contributed by atoms with Crippen LogP contribution in [0.4, 0.5) is 4.79 Å². The van der Waals surface area contributed by atoms with Gasteiger partial charge in [-0.15, -0.1) is 0 Å². The topological polar surface area (TPSA) is 103 Å². The quantitative estimate of drug-likeness (QED) is 0.280. The van der Waals surface area contributed by atoms with Crippen LogP contribution in [0.3, 0.4) is 0 Å². The van der Waals surface area contributed by atoms with E-state index in [-0.39, 0.29) is 30.9 Å². The summed E-state index contributed by atoms with van der Waals surface area (Å²) in [5.41, 5.74) is 4.63. The van der Waals surface area contributed by atoms with Gasteiger partial charge >= 0.3 is 6.03 Å². The summed E-state index contributed by atoms with van der Waals surface area (Å²) in [6, 6.07) is 25.1. The Kier molecular flexibility index (Phi) is 10.7. The van der Waals surface area contributed by atoms with E-state index in [2.05, 4.69) is 15.5 Å². The fraction of sp³-hybridized carbons (Fsp3) is 0.406. The smallest absolute Gasteiger partial charge is 0.315 e. The Morgan fingerprint density at radius 3 is 2.25 bits per heavy atom. The lowest BCUT2D eigenvalue weighted by Crippen LogP contribution is -2.43. The van der Waals surface area contributed by atoms with Gasteiger partial charge in [0.2, 0.25) is 0 Å². The van der Waals surface area contributed by atoms with Crippen LogP contribution in [-0.4, -0.2) is 53.4 Å². The van der Waals surface area contributed by atoms with Gasteiger partial charge in [-0.1, -0.05) is 78.9 Å². The lowest BCUT2D eigenvalue weighted by molar-refractivity contribution is -0.253. The maximum Gasteiger partial charge on any atom is 0.315 e. The molecule has 2 amide bonds. The highest BCUT2D eigenvalue weighted by Crippen LogP contribution is 2.38. The minimum Gasteiger partial charge on any atom is -0.392 e. The fourth-order valence-corrected chi connectivity index (χ4v) is 4.89. The number of ether oxygens (including phenoxy) is 2. The minimum absolute atomic E-state index is 0.00605. The number of carbonyl (C=O) groups excluding carboxylic acids is 1. The van der Waals surface area contributed by atoms with Crippen molar-refractivity contribution >= 4 is 6.03 Å². The van der Waals surface area contributed by atoms with Crippen molar-refractivity contribution in [3.05, 3.63) is 107 Å². The molecular weight excluding hydrogens is 506 g/mol. The van der Waals surface area contributed by atoms with Crippen LogP contribution in [0.15, 0.2) is 78.9 Å². The zero-order valence-electron chi connectivity index (χ0n) is 23.5. The van der Waals surface area contributed by atoms with Gasteiger partial charge in [-0.05, 0) is 43.1 Å². The van der Waals surface area contributed by atoms with Crippen molar-refractivity contribution in [2.45, 2.75) is 64.1 Å². The normalized spacial score (nSPS) is 20.6. The van der Waals surface area contributed by atoms with Gasteiger partial charge in [0.15, 0.2) is 6.29 Å². The first-order valence-electron chi connectivity index (χ1n) is 13.9. The zero-order valence-corrected chi connectivity index (χ0v) is 23.5. The van der Waals surface area contributed by atoms with E-state index >= 15 is 0 Å². The molecule has 5 atom stereocenters. The Morgan fingerprint density at radius 2 is 1.60 bits per heavy atom. The molecule has 0 saturated carbocycles. The van der Waals surface area contributed by atoms with Gasteiger partial charge in [0, 0.05) is 37.7 Å². The van der Waals surface area contributed by atoms with Crippen LogP contribution in [0.1, 0.15) is 66.6 Å². The van der Waals surface area contributed by atoms with Crippen molar-refractivity contribution in [2.24, 2.45) is 0 Å². The van der Waals surface area contributed by atoms with E-state index in [1.54, 1.807) is 0 Å². The summed E-state index contributed by atoms with van der Waals surface area (Å²) < 4.78 is 12.9. The summed E-state index contributed by atoms with van der Waals surface area (Å²) in [6.45, 7) is 5.51. The molecule has 1 aliphatic rings. The highest BCUT2D eigenvalue weighted by atomic mass is 16.7. The fourth-order valence-electron chi connectivity index (χ4n) is 4.89. The van der Waals surface area contributed by atoms with Crippen molar-refractivity contribution in [1.29, 1.82) is 0 Å². The van der Waals surface area contributed by atoms with Gasteiger partial charge in [0.1, 0.15) is 0 Å². The van der Waals surface area contributed by atoms with Gasteiger partial charge in [0.25, 0.3) is 0 Å². The summed E-state index contributed by atoms with van der Waals surface area (Å²) in [6.07, 6.45) is -0.880. The number of rotatable bonds is 11. The number of likely N-dealkylation sites (N-methyl/N-ethyl adjacent to an activating group) is 1. The molecule has 0 radical (unpaired) electrons. The molecule has 0 unspecified atom stereocenters. The Morgan fingerprint density at radius 1 is 0.950 bits per heavy atom. The van der Waals surface area contributed by atoms with Crippen LogP contribution in [-0.2, 0) is 22.6 Å². The van der Waals surface area contributed by atoms with Gasteiger partial charge < -0.3 is 30.3 Å². The highest BCUT2D eigenvalue weighted by molar-refractivity contribution is 5.73. The molecule has 1 fully saturated rings. The average molecular weight is 548 g/mol. The van der Waals surface area contributed by atoms with Crippen molar-refractivity contribution in [3.8, 4) is 0 Å². The Balaban J connectivity index is 1.48. The third-order valence-electron chi connectivity index (χ3n) is 7.44. The maximum absolute atomic E-state index is 11.7. The first kappa shape index (κ1) is 29.7. The van der Waals surface area contributed by atoms with Crippen molar-refractivity contribution < 1.29 is 24.5 Å². The van der Waals surface area contributed by atoms with E-state index in [0.717, 1.165) is 27.8 Å². The molecule has 1 aliphatic heterocycles. The van der Waals surface area contributed by atoms with E-state index in [4.69, 9.17) is 9.47 Å². The summed E-state index contributed by atoms with van der Waals surface area (Å²) in [7, 11) is 2.01. The number of carbonyl (C=O) groups is 1. The first-order chi connectivity index (χ1) is 19.4. The lowest BCUT2D eigenvalue weighted by Gasteiger charge is -2.39. The number of aliphatic hydroxyl groups is 2. The number of aliphatic hydroxyl groups excluding tert-OH is 2. The molecule has 1 saturated heterocycles. The highest BCUT2D eigenvalue weighted by Gasteiger charge is 2.34. The van der Waals surface area contributed by atoms with Crippen LogP contribution >= 0.6 is 0 Å². The lowest BCUT2D eigenvalue weighted by atomic mass is 9.98. The monoisotopic (exact) mass is 547 g/mol. The number of hydrogen-bond donors (Lipinski definition) is 4. The summed E-state index contributed by atoms with van der Waals surface area (Å²) >= 11 is 0. The molecular formula is C32H41N3O5. The maximum atomic E-state index is 11.7. The van der Waals surface area contributed by atoms with E-state index in [0.29, 0.717) is 26.1 Å². The molecule has 1 heterocycles. The van der Waals surface area contributed by atoms with Crippen molar-refractivity contribution in [3.63, 3.8) is 0 Å². The molecule has 8 nitrogen and oxygen atoms in total. The van der Waals surface area contributed by atoms with Crippen LogP contribution in [0, 0.1) is 0 Å². The van der Waals surface area contributed by atoms with E-state index < -0.39 is 12.4 Å². The summed E-state index contributed by atoms with van der Waals surface area (Å²) in [4.78, 5) is 13.9. The molecule has 40 heavy (non-hydrogen) atoms. The number of nitrogens with one attached hydrogen (secondary N) is 2. The zero-order chi connectivity index (χ0) is 28.5. The second kappa shape index (κ2) is 14.4. The molecule has 214 valence electrons. The second-order valence-corrected chi connectivity index (χ2v) is 10.3. The third-order valence-corrected chi connectivity index (χ3v) is 7.44. The predicted octanol–water partition coefficient (Wildman–Crippen LogP) is 4.60. The molecule has 4 N–H and O–H groups in total. The second-order valence-electron chi connectivity index (χ2n) is 10.3. The molecule has 0 spiro atoms. The molecule has 4 rings (SSSR count). The van der Waals surface area contributed by atoms with Gasteiger partial charge in [-0.3, -0.25) is 4.90 Å². The number of urea groups is 1. The van der Waals surface area contributed by atoms with Gasteiger partial charge in [-0.25, -0.2) is 4.79 Å². The van der Waals surface area contributed by atoms with Crippen LogP contribution in [0.2, 0.25) is 0 Å². The third kappa shape index (κ3) is 7.90. The van der Waals surface area contributed by atoms with E-state index in [1.165, 1.54) is 0 Å². The van der Waals surface area contributed by atoms with Crippen molar-refractivity contribution in [2.75, 3.05) is 20.1 Å². The van der Waals surface area contributed by atoms with Gasteiger partial charge in [-0.2, -0.15) is 0 Å². The summed E-state index contributed by atoms with van der Waals surface area (Å²) in [5.74, 6) is 0. The molecule has 3 aromatic rings. The number of nitrogens with zero attached hydrogens (tertiary/aromatic N) is 1. The summed E-state index contributed by atoms with van der Waals surface area (Å²) in [5, 5.41) is 26.0. The standard InChI is InChI=1S/C32H41N3O5/c1-4-33-32(38)34-19-23-10-16-27(17-11-23)31-39-28(18-29(40-31)25-14-12-24(21-36)13-15-25)20-35(3)22(2)30(37)26-8-6-5-7-9-26/h5-17,22,28-31,36-37H,4,18-21H2,1-3H3,(H2,33,34,38)/t22-,28+,29-,30-,31-/m1/s1. The van der Waals surface area contributed by atoms with E-state index in [1.807, 2.05) is 99.8 Å². The SMILES string of the molecule is CCNC(=O)NCc1ccc([C@@H]2O[C@H](CN(C)[C@H](C)[C@@H](O)c3ccccc3)C[C@H](c3ccc(CO)cc3)O2)cc1. The molecule has 8 heteroatoms. The Bertz CT molecular complexity index is 1190. The Labute approximate surface area is 236 Å². The molecule has 0 bridgehead atoms. The van der Waals surface area contributed by atoms with Crippen LogP contribution < -0.4 is 10.6 Å². The van der Waals surface area contributed by atoms with Crippen LogP contribution in [0.25, 0.3) is 0 Å². The minimum atomic E-state index is -0.621. The average Bonchev–Trinajstić information content (AvgIpc) is 3.00. The van der Waals surface area contributed by atoms with E-state index in [9.17, 15) is 15.0 Å². The first-order valence-corrected chi connectivity index (χ1v) is 13.9. The number of amides is 2. The van der Waals surface area contributed by atoms with Crippen molar-refractivity contribution in [1.82, 2.24) is 15.5 Å². The number of benzene rings is 3. The largest absolute Gasteiger partial charge is 0.392 e. The predicted molar refractivity (Wildman–Crippen MR) is 154 cm³/mol. The molecule has 3 aromatic carbocycles. The van der Waals surface area contributed by atoms with Crippen LogP contribution in [0.5, 0.6) is 0 Å².